The quantitative estimate of drug-likeness (QED) is 0.177. The molecule has 8 heterocycles. The van der Waals surface area contributed by atoms with Crippen LogP contribution in [0.4, 0.5) is 0 Å². The molecule has 13 heteroatoms. The fraction of sp³-hybridized carbons (Fsp3) is 0.421. The SMILES string of the molecule is O=c1cc(-c2cnn3c(Br)cnc3c2)ccn1CCCN1CCCCC1.O=c1cc(-c2cnn3ccnc3c2)ccn1CCCN1CCCCC1. The summed E-state index contributed by atoms with van der Waals surface area (Å²) >= 11 is 3.40. The van der Waals surface area contributed by atoms with Crippen molar-refractivity contribution in [1.29, 1.82) is 0 Å². The zero-order valence-corrected chi connectivity index (χ0v) is 30.6. The van der Waals surface area contributed by atoms with Gasteiger partial charge in [-0.1, -0.05) is 12.8 Å². The van der Waals surface area contributed by atoms with Crippen molar-refractivity contribution in [1.82, 2.24) is 48.1 Å². The molecule has 0 N–H and O–H groups in total. The van der Waals surface area contributed by atoms with Gasteiger partial charge in [0, 0.05) is 61.1 Å². The topological polar surface area (TPSA) is 111 Å². The number of fused-ring (bicyclic) bond motifs is 2. The first-order valence-electron chi connectivity index (χ1n) is 18.2. The molecule has 6 aromatic rings. The second kappa shape index (κ2) is 16.7. The van der Waals surface area contributed by atoms with E-state index in [1.165, 1.54) is 64.7 Å². The van der Waals surface area contributed by atoms with E-state index < -0.39 is 0 Å². The van der Waals surface area contributed by atoms with E-state index in [2.05, 4.69) is 45.9 Å². The number of hydrogen-bond acceptors (Lipinski definition) is 8. The van der Waals surface area contributed by atoms with Crippen LogP contribution in [-0.4, -0.2) is 87.4 Å². The van der Waals surface area contributed by atoms with Crippen molar-refractivity contribution in [3.8, 4) is 22.3 Å². The molecular weight excluding hydrogens is 708 g/mol. The molecule has 266 valence electrons. The Balaban J connectivity index is 0.000000159. The fourth-order valence-corrected chi connectivity index (χ4v) is 7.39. The number of likely N-dealkylation sites (tertiary alicyclic amines) is 2. The van der Waals surface area contributed by atoms with Crippen molar-refractivity contribution in [3.63, 3.8) is 0 Å². The van der Waals surface area contributed by atoms with Gasteiger partial charge in [-0.2, -0.15) is 10.2 Å². The van der Waals surface area contributed by atoms with Gasteiger partial charge in [-0.05, 0) is 129 Å². The molecule has 51 heavy (non-hydrogen) atoms. The number of imidazole rings is 2. The van der Waals surface area contributed by atoms with E-state index in [1.807, 2.05) is 36.7 Å². The van der Waals surface area contributed by atoms with Gasteiger partial charge >= 0.3 is 0 Å². The van der Waals surface area contributed by atoms with Gasteiger partial charge in [0.1, 0.15) is 4.60 Å². The third kappa shape index (κ3) is 8.89. The van der Waals surface area contributed by atoms with Gasteiger partial charge in [-0.3, -0.25) is 9.59 Å². The standard InChI is InChI=1S/C19H22BrN5O.C19H23N5O/c20-17-14-21-18-11-16(13-22-25(17)18)15-5-10-24(19(26)12-15)9-4-8-23-6-2-1-3-7-23;25-19-14-16(17-13-18-20-6-12-24(18)21-15-17)5-11-23(19)10-4-9-22-7-2-1-3-8-22/h5,10-14H,1-4,6-9H2;5-6,11-15H,1-4,7-10H2. The maximum Gasteiger partial charge on any atom is 0.251 e. The Morgan fingerprint density at radius 3 is 1.69 bits per heavy atom. The molecule has 0 amide bonds. The van der Waals surface area contributed by atoms with Crippen LogP contribution >= 0.6 is 15.9 Å². The van der Waals surface area contributed by atoms with Crippen LogP contribution in [-0.2, 0) is 13.1 Å². The number of hydrogen-bond donors (Lipinski definition) is 0. The van der Waals surface area contributed by atoms with Crippen molar-refractivity contribution in [2.24, 2.45) is 0 Å². The Hall–Kier alpha value is -4.46. The summed E-state index contributed by atoms with van der Waals surface area (Å²) in [6.45, 7) is 8.50. The average molecular weight is 754 g/mol. The van der Waals surface area contributed by atoms with Gasteiger partial charge in [0.25, 0.3) is 11.1 Å². The predicted molar refractivity (Wildman–Crippen MR) is 203 cm³/mol. The molecule has 2 fully saturated rings. The van der Waals surface area contributed by atoms with E-state index in [0.29, 0.717) is 0 Å². The minimum Gasteiger partial charge on any atom is -0.315 e. The largest absolute Gasteiger partial charge is 0.315 e. The first kappa shape index (κ1) is 35.0. The highest BCUT2D eigenvalue weighted by atomic mass is 79.9. The summed E-state index contributed by atoms with van der Waals surface area (Å²) in [5.74, 6) is 0. The minimum atomic E-state index is 0.0329. The Labute approximate surface area is 305 Å². The van der Waals surface area contributed by atoms with E-state index in [-0.39, 0.29) is 11.1 Å². The van der Waals surface area contributed by atoms with Crippen molar-refractivity contribution >= 4 is 27.2 Å². The zero-order valence-electron chi connectivity index (χ0n) is 29.0. The van der Waals surface area contributed by atoms with Crippen molar-refractivity contribution in [2.45, 2.75) is 64.5 Å². The van der Waals surface area contributed by atoms with Gasteiger partial charge in [0.2, 0.25) is 0 Å². The van der Waals surface area contributed by atoms with E-state index in [4.69, 9.17) is 0 Å². The van der Waals surface area contributed by atoms with E-state index >= 15 is 0 Å². The monoisotopic (exact) mass is 752 g/mol. The molecule has 2 aliphatic heterocycles. The molecule has 12 nitrogen and oxygen atoms in total. The van der Waals surface area contributed by atoms with Crippen LogP contribution in [0.2, 0.25) is 0 Å². The normalized spacial score (nSPS) is 15.6. The van der Waals surface area contributed by atoms with Crippen LogP contribution < -0.4 is 11.1 Å². The summed E-state index contributed by atoms with van der Waals surface area (Å²) in [6, 6.07) is 11.2. The molecule has 0 bridgehead atoms. The van der Waals surface area contributed by atoms with Crippen LogP contribution in [0.1, 0.15) is 51.4 Å². The van der Waals surface area contributed by atoms with E-state index in [0.717, 1.165) is 77.2 Å². The van der Waals surface area contributed by atoms with Crippen LogP contribution in [0.3, 0.4) is 0 Å². The molecule has 2 aliphatic rings. The smallest absolute Gasteiger partial charge is 0.251 e. The first-order valence-corrected chi connectivity index (χ1v) is 18.9. The fourth-order valence-electron chi connectivity index (χ4n) is 7.01. The Morgan fingerprint density at radius 1 is 0.569 bits per heavy atom. The van der Waals surface area contributed by atoms with Gasteiger partial charge in [0.15, 0.2) is 11.3 Å². The second-order valence-corrected chi connectivity index (χ2v) is 14.3. The molecule has 0 saturated carbocycles. The molecular formula is C38H45BrN10O2. The molecule has 0 aliphatic carbocycles. The number of halogens is 1. The lowest BCUT2D eigenvalue weighted by molar-refractivity contribution is 0.222. The third-order valence-electron chi connectivity index (χ3n) is 9.88. The lowest BCUT2D eigenvalue weighted by Gasteiger charge is -2.26. The van der Waals surface area contributed by atoms with Gasteiger partial charge in [0.05, 0.1) is 18.6 Å². The predicted octanol–water partition coefficient (Wildman–Crippen LogP) is 5.63. The molecule has 8 rings (SSSR count). The van der Waals surface area contributed by atoms with Crippen LogP contribution in [0.25, 0.3) is 33.5 Å². The summed E-state index contributed by atoms with van der Waals surface area (Å²) < 4.78 is 7.83. The highest BCUT2D eigenvalue weighted by Gasteiger charge is 2.12. The Bertz CT molecular complexity index is 2180. The lowest BCUT2D eigenvalue weighted by atomic mass is 10.1. The zero-order chi connectivity index (χ0) is 35.0. The van der Waals surface area contributed by atoms with Crippen molar-refractivity contribution in [3.05, 3.63) is 105 Å². The lowest BCUT2D eigenvalue weighted by Crippen LogP contribution is -2.31. The first-order chi connectivity index (χ1) is 25.0. The molecule has 6 aromatic heterocycles. The number of piperidine rings is 2. The molecule has 0 unspecified atom stereocenters. The van der Waals surface area contributed by atoms with Crippen LogP contribution in [0.5, 0.6) is 0 Å². The summed E-state index contributed by atoms with van der Waals surface area (Å²) in [4.78, 5) is 38.4. The third-order valence-corrected chi connectivity index (χ3v) is 10.4. The maximum atomic E-state index is 12.5. The molecule has 0 spiro atoms. The number of aromatic nitrogens is 8. The second-order valence-electron chi connectivity index (χ2n) is 13.5. The van der Waals surface area contributed by atoms with Crippen LogP contribution in [0.15, 0.2) is 94.0 Å². The number of pyridine rings is 2. The summed E-state index contributed by atoms with van der Waals surface area (Å²) in [5, 5.41) is 8.67. The number of rotatable bonds is 10. The van der Waals surface area contributed by atoms with E-state index in [1.54, 1.807) is 61.3 Å². The van der Waals surface area contributed by atoms with Crippen molar-refractivity contribution < 1.29 is 0 Å². The minimum absolute atomic E-state index is 0.0329. The highest BCUT2D eigenvalue weighted by molar-refractivity contribution is 9.10. The average Bonchev–Trinajstić information content (AvgIpc) is 3.80. The molecule has 0 aromatic carbocycles. The summed E-state index contributed by atoms with van der Waals surface area (Å²) in [6.07, 6.45) is 22.5. The maximum absolute atomic E-state index is 12.5. The summed E-state index contributed by atoms with van der Waals surface area (Å²) in [5.41, 5.74) is 5.17. The number of nitrogens with zero attached hydrogens (tertiary/aromatic N) is 10. The van der Waals surface area contributed by atoms with E-state index in [9.17, 15) is 9.59 Å². The van der Waals surface area contributed by atoms with Crippen LogP contribution in [0, 0.1) is 0 Å². The molecule has 0 atom stereocenters. The molecule has 2 saturated heterocycles. The Morgan fingerprint density at radius 2 is 1.12 bits per heavy atom. The molecule has 0 radical (unpaired) electrons. The number of aryl methyl sites for hydroxylation is 2. The Kier molecular flexibility index (Phi) is 11.5. The van der Waals surface area contributed by atoms with Crippen molar-refractivity contribution in [2.75, 3.05) is 39.3 Å². The highest BCUT2D eigenvalue weighted by Crippen LogP contribution is 2.21. The summed E-state index contributed by atoms with van der Waals surface area (Å²) in [7, 11) is 0. The van der Waals surface area contributed by atoms with Gasteiger partial charge in [-0.15, -0.1) is 0 Å². The van der Waals surface area contributed by atoms with Gasteiger partial charge < -0.3 is 18.9 Å². The van der Waals surface area contributed by atoms with Gasteiger partial charge in [-0.25, -0.2) is 19.0 Å².